The minimum atomic E-state index is -3.82. The summed E-state index contributed by atoms with van der Waals surface area (Å²) in [5, 5.41) is 2.95. The number of carbonyl (C=O) groups is 1. The molecule has 0 bridgehead atoms. The van der Waals surface area contributed by atoms with Crippen LogP contribution >= 0.6 is 0 Å². The first-order valence-corrected chi connectivity index (χ1v) is 12.2. The van der Waals surface area contributed by atoms with Gasteiger partial charge in [-0.1, -0.05) is 35.9 Å². The molecule has 0 aliphatic heterocycles. The van der Waals surface area contributed by atoms with Gasteiger partial charge in [-0.15, -0.1) is 0 Å². The molecule has 1 N–H and O–H groups in total. The highest BCUT2D eigenvalue weighted by molar-refractivity contribution is 7.92. The van der Waals surface area contributed by atoms with Crippen LogP contribution in [0.4, 0.5) is 5.69 Å². The number of sulfonamides is 1. The molecule has 8 heteroatoms. The summed E-state index contributed by atoms with van der Waals surface area (Å²) in [6.07, 6.45) is 5.29. The number of benzene rings is 3. The topological polar surface area (TPSA) is 84.3 Å². The van der Waals surface area contributed by atoms with E-state index < -0.39 is 10.0 Å². The van der Waals surface area contributed by atoms with Gasteiger partial charge in [-0.25, -0.2) is 13.4 Å². The second-order valence-electron chi connectivity index (χ2n) is 8.09. The summed E-state index contributed by atoms with van der Waals surface area (Å²) in [6.45, 7) is 3.82. The fourth-order valence-electron chi connectivity index (χ4n) is 3.56. The normalized spacial score (nSPS) is 12.2. The van der Waals surface area contributed by atoms with Crippen molar-refractivity contribution in [2.45, 2.75) is 24.8 Å². The molecule has 1 aromatic heterocycles. The highest BCUT2D eigenvalue weighted by atomic mass is 32.2. The maximum atomic E-state index is 13.2. The van der Waals surface area contributed by atoms with Gasteiger partial charge in [0.1, 0.15) is 0 Å². The Labute approximate surface area is 199 Å². The molecule has 1 atom stereocenters. The van der Waals surface area contributed by atoms with Crippen molar-refractivity contribution in [1.29, 1.82) is 0 Å². The Hall–Kier alpha value is -3.91. The standard InChI is InChI=1S/C26H26N4O3S/c1-19-7-11-23(12-8-19)29(3)34(32,33)25-6-4-5-22(17-25)26(31)28-20(2)21-9-13-24(14-10-21)30-16-15-27-18-30/h4-18,20H,1-3H3,(H,28,31)/t20-/m1/s1. The van der Waals surface area contributed by atoms with Crippen molar-refractivity contribution < 1.29 is 13.2 Å². The van der Waals surface area contributed by atoms with Crippen LogP contribution in [0.2, 0.25) is 0 Å². The minimum absolute atomic E-state index is 0.0561. The number of aryl methyl sites for hydroxylation is 1. The molecule has 7 nitrogen and oxygen atoms in total. The largest absolute Gasteiger partial charge is 0.346 e. The Balaban J connectivity index is 1.49. The molecule has 0 aliphatic rings. The average Bonchev–Trinajstić information content (AvgIpc) is 3.39. The van der Waals surface area contributed by atoms with Gasteiger partial charge in [0.05, 0.1) is 23.0 Å². The third kappa shape index (κ3) is 4.87. The second kappa shape index (κ2) is 9.52. The zero-order valence-electron chi connectivity index (χ0n) is 19.2. The van der Waals surface area contributed by atoms with Crippen LogP contribution in [0.25, 0.3) is 5.69 Å². The molecule has 174 valence electrons. The molecule has 3 aromatic carbocycles. The van der Waals surface area contributed by atoms with Gasteiger partial charge in [0, 0.05) is 30.7 Å². The van der Waals surface area contributed by atoms with Crippen molar-refractivity contribution >= 4 is 21.6 Å². The fourth-order valence-corrected chi connectivity index (χ4v) is 4.80. The predicted molar refractivity (Wildman–Crippen MR) is 133 cm³/mol. The number of nitrogens with one attached hydrogen (secondary N) is 1. The predicted octanol–water partition coefficient (Wildman–Crippen LogP) is 4.50. The molecule has 0 aliphatic carbocycles. The van der Waals surface area contributed by atoms with Crippen molar-refractivity contribution in [2.24, 2.45) is 0 Å². The van der Waals surface area contributed by atoms with Crippen molar-refractivity contribution in [3.63, 3.8) is 0 Å². The monoisotopic (exact) mass is 474 g/mol. The van der Waals surface area contributed by atoms with Gasteiger partial charge in [-0.05, 0) is 61.9 Å². The molecule has 0 saturated heterocycles. The van der Waals surface area contributed by atoms with E-state index in [1.807, 2.05) is 61.0 Å². The van der Waals surface area contributed by atoms with Crippen LogP contribution in [0.3, 0.4) is 0 Å². The third-order valence-corrected chi connectivity index (χ3v) is 7.48. The number of anilines is 1. The van der Waals surface area contributed by atoms with Gasteiger partial charge in [0.2, 0.25) is 0 Å². The zero-order valence-corrected chi connectivity index (χ0v) is 20.0. The smallest absolute Gasteiger partial charge is 0.264 e. The van der Waals surface area contributed by atoms with Crippen LogP contribution in [0.15, 0.2) is 96.4 Å². The summed E-state index contributed by atoms with van der Waals surface area (Å²) in [4.78, 5) is 17.0. The zero-order chi connectivity index (χ0) is 24.3. The lowest BCUT2D eigenvalue weighted by Crippen LogP contribution is -2.28. The highest BCUT2D eigenvalue weighted by Crippen LogP contribution is 2.23. The summed E-state index contributed by atoms with van der Waals surface area (Å²) < 4.78 is 29.4. The van der Waals surface area contributed by atoms with E-state index in [0.29, 0.717) is 5.69 Å². The number of hydrogen-bond acceptors (Lipinski definition) is 4. The summed E-state index contributed by atoms with van der Waals surface area (Å²) >= 11 is 0. The Morgan fingerprint density at radius 3 is 2.38 bits per heavy atom. The molecule has 0 fully saturated rings. The Kier molecular flexibility index (Phi) is 6.51. The molecule has 0 radical (unpaired) electrons. The van der Waals surface area contributed by atoms with Crippen LogP contribution in [-0.4, -0.2) is 30.9 Å². The van der Waals surface area contributed by atoms with Crippen LogP contribution < -0.4 is 9.62 Å². The molecular formula is C26H26N4O3S. The summed E-state index contributed by atoms with van der Waals surface area (Å²) in [6, 6.07) is 20.8. The molecule has 0 saturated carbocycles. The van der Waals surface area contributed by atoms with Crippen molar-refractivity contribution in [2.75, 3.05) is 11.4 Å². The Bertz CT molecular complexity index is 1380. The van der Waals surface area contributed by atoms with E-state index in [-0.39, 0.29) is 22.4 Å². The van der Waals surface area contributed by atoms with Crippen LogP contribution in [0, 0.1) is 6.92 Å². The first-order valence-electron chi connectivity index (χ1n) is 10.8. The van der Waals surface area contributed by atoms with E-state index in [0.717, 1.165) is 16.8 Å². The lowest BCUT2D eigenvalue weighted by atomic mass is 10.1. The van der Waals surface area contributed by atoms with Gasteiger partial charge in [0.15, 0.2) is 0 Å². The van der Waals surface area contributed by atoms with E-state index in [1.165, 1.54) is 23.5 Å². The van der Waals surface area contributed by atoms with E-state index >= 15 is 0 Å². The lowest BCUT2D eigenvalue weighted by molar-refractivity contribution is 0.0939. The van der Waals surface area contributed by atoms with E-state index in [4.69, 9.17) is 0 Å². The third-order valence-electron chi connectivity index (χ3n) is 5.70. The number of amides is 1. The van der Waals surface area contributed by atoms with Gasteiger partial charge >= 0.3 is 0 Å². The van der Waals surface area contributed by atoms with Gasteiger partial charge in [0.25, 0.3) is 15.9 Å². The van der Waals surface area contributed by atoms with E-state index in [2.05, 4.69) is 10.3 Å². The average molecular weight is 475 g/mol. The molecule has 1 heterocycles. The Morgan fingerprint density at radius 1 is 1.03 bits per heavy atom. The van der Waals surface area contributed by atoms with Crippen LogP contribution in [0.5, 0.6) is 0 Å². The van der Waals surface area contributed by atoms with Gasteiger partial charge < -0.3 is 9.88 Å². The summed E-state index contributed by atoms with van der Waals surface area (Å²) in [5.74, 6) is -0.346. The first kappa shape index (κ1) is 23.3. The van der Waals surface area contributed by atoms with Crippen molar-refractivity contribution in [3.8, 4) is 5.69 Å². The SMILES string of the molecule is Cc1ccc(N(C)S(=O)(=O)c2cccc(C(=O)N[C@H](C)c3ccc(-n4ccnc4)cc3)c2)cc1. The number of rotatable bonds is 7. The Morgan fingerprint density at radius 2 is 1.74 bits per heavy atom. The van der Waals surface area contributed by atoms with Crippen LogP contribution in [0.1, 0.15) is 34.5 Å². The summed E-state index contributed by atoms with van der Waals surface area (Å²) in [7, 11) is -2.32. The van der Waals surface area contributed by atoms with E-state index in [9.17, 15) is 13.2 Å². The van der Waals surface area contributed by atoms with Crippen molar-refractivity contribution in [1.82, 2.24) is 14.9 Å². The lowest BCUT2D eigenvalue weighted by Gasteiger charge is -2.20. The number of hydrogen-bond donors (Lipinski definition) is 1. The molecular weight excluding hydrogens is 448 g/mol. The summed E-state index contributed by atoms with van der Waals surface area (Å²) in [5.41, 5.74) is 3.77. The number of nitrogens with zero attached hydrogens (tertiary/aromatic N) is 3. The van der Waals surface area contributed by atoms with Crippen molar-refractivity contribution in [3.05, 3.63) is 108 Å². The maximum absolute atomic E-state index is 13.2. The molecule has 34 heavy (non-hydrogen) atoms. The highest BCUT2D eigenvalue weighted by Gasteiger charge is 2.23. The van der Waals surface area contributed by atoms with E-state index in [1.54, 1.807) is 36.8 Å². The number of carbonyl (C=O) groups excluding carboxylic acids is 1. The molecule has 0 spiro atoms. The molecule has 4 aromatic rings. The quantitative estimate of drug-likeness (QED) is 0.428. The van der Waals surface area contributed by atoms with Gasteiger partial charge in [-0.2, -0.15) is 0 Å². The van der Waals surface area contributed by atoms with Gasteiger partial charge in [-0.3, -0.25) is 9.10 Å². The molecule has 4 rings (SSSR count). The number of aromatic nitrogens is 2. The molecule has 0 unspecified atom stereocenters. The number of imidazole rings is 1. The minimum Gasteiger partial charge on any atom is -0.346 e. The van der Waals surface area contributed by atoms with Crippen LogP contribution in [-0.2, 0) is 10.0 Å². The first-order chi connectivity index (χ1) is 16.3. The maximum Gasteiger partial charge on any atom is 0.264 e. The molecule has 1 amide bonds. The second-order valence-corrected chi connectivity index (χ2v) is 10.1. The fraction of sp³-hybridized carbons (Fsp3) is 0.154.